The Kier molecular flexibility index (Phi) is 5.22. The van der Waals surface area contributed by atoms with Crippen LogP contribution in [0.3, 0.4) is 0 Å². The second kappa shape index (κ2) is 7.82. The topological polar surface area (TPSA) is 74.1 Å². The fourth-order valence-corrected chi connectivity index (χ4v) is 3.16. The molecule has 3 heterocycles. The first-order chi connectivity index (χ1) is 13.9. The maximum Gasteiger partial charge on any atom is 0.573 e. The maximum absolute atomic E-state index is 14.0. The first-order valence-corrected chi connectivity index (χ1v) is 8.99. The second-order valence-electron chi connectivity index (χ2n) is 6.53. The highest BCUT2D eigenvalue weighted by atomic mass is 19.4. The summed E-state index contributed by atoms with van der Waals surface area (Å²) >= 11 is 0. The van der Waals surface area contributed by atoms with Crippen molar-refractivity contribution >= 4 is 17.0 Å². The van der Waals surface area contributed by atoms with E-state index in [1.165, 1.54) is 24.3 Å². The quantitative estimate of drug-likeness (QED) is 0.502. The Bertz CT molecular complexity index is 984. The minimum Gasteiger partial charge on any atom is -0.406 e. The van der Waals surface area contributed by atoms with Gasteiger partial charge in [-0.25, -0.2) is 4.98 Å². The summed E-state index contributed by atoms with van der Waals surface area (Å²) in [5.41, 5.74) is 1.36. The van der Waals surface area contributed by atoms with Crippen molar-refractivity contribution in [3.63, 3.8) is 0 Å². The van der Waals surface area contributed by atoms with Crippen LogP contribution in [0.15, 0.2) is 30.6 Å². The van der Waals surface area contributed by atoms with Crippen molar-refractivity contribution in [1.82, 2.24) is 19.5 Å². The molecular formula is C18H17F4N5O2. The summed E-state index contributed by atoms with van der Waals surface area (Å²) in [5, 5.41) is 2.96. The second-order valence-corrected chi connectivity index (χ2v) is 6.53. The number of hydrogen-bond donors (Lipinski definition) is 1. The number of fused-ring (bicyclic) bond motifs is 1. The Hall–Kier alpha value is -2.95. The molecule has 1 N–H and O–H groups in total. The number of alkyl halides is 3. The Balaban J connectivity index is 1.51. The van der Waals surface area contributed by atoms with Gasteiger partial charge in [0.25, 0.3) is 0 Å². The molecule has 1 aliphatic heterocycles. The minimum absolute atomic E-state index is 0.192. The molecule has 11 heteroatoms. The summed E-state index contributed by atoms with van der Waals surface area (Å²) in [6, 6.07) is 5.35. The molecule has 1 aromatic carbocycles. The van der Waals surface area contributed by atoms with Crippen LogP contribution in [0, 0.1) is 6.08 Å². The number of hydrogen-bond acceptors (Lipinski definition) is 6. The largest absolute Gasteiger partial charge is 0.573 e. The van der Waals surface area contributed by atoms with Crippen molar-refractivity contribution in [1.29, 1.82) is 0 Å². The number of imidazole rings is 1. The molecule has 0 amide bonds. The Morgan fingerprint density at radius 3 is 2.66 bits per heavy atom. The molecule has 1 atom stereocenters. The van der Waals surface area contributed by atoms with Crippen molar-refractivity contribution in [3.05, 3.63) is 42.2 Å². The molecule has 1 aliphatic rings. The number of anilines is 1. The van der Waals surface area contributed by atoms with Gasteiger partial charge in [-0.2, -0.15) is 14.4 Å². The minimum atomic E-state index is -4.75. The van der Waals surface area contributed by atoms with Gasteiger partial charge in [0.15, 0.2) is 17.0 Å². The van der Waals surface area contributed by atoms with Crippen LogP contribution in [-0.4, -0.2) is 32.5 Å². The van der Waals surface area contributed by atoms with E-state index < -0.39 is 12.4 Å². The molecule has 1 fully saturated rings. The first kappa shape index (κ1) is 19.4. The van der Waals surface area contributed by atoms with Crippen LogP contribution < -0.4 is 10.1 Å². The third kappa shape index (κ3) is 4.56. The van der Waals surface area contributed by atoms with Gasteiger partial charge in [0.05, 0.1) is 6.33 Å². The molecule has 7 nitrogen and oxygen atoms in total. The molecule has 4 rings (SSSR count). The lowest BCUT2D eigenvalue weighted by Gasteiger charge is -2.23. The lowest BCUT2D eigenvalue weighted by Crippen LogP contribution is -2.18. The Morgan fingerprint density at radius 2 is 1.97 bits per heavy atom. The van der Waals surface area contributed by atoms with E-state index in [-0.39, 0.29) is 24.3 Å². The monoisotopic (exact) mass is 411 g/mol. The molecular weight excluding hydrogens is 394 g/mol. The highest BCUT2D eigenvalue weighted by molar-refractivity contribution is 5.82. The van der Waals surface area contributed by atoms with Crippen LogP contribution in [0.4, 0.5) is 23.4 Å². The van der Waals surface area contributed by atoms with Crippen molar-refractivity contribution in [3.8, 4) is 5.75 Å². The van der Waals surface area contributed by atoms with Crippen LogP contribution in [0.5, 0.6) is 5.75 Å². The molecule has 0 bridgehead atoms. The van der Waals surface area contributed by atoms with Gasteiger partial charge in [-0.3, -0.25) is 4.57 Å². The van der Waals surface area contributed by atoms with E-state index in [1.54, 1.807) is 10.9 Å². The molecule has 3 aromatic rings. The van der Waals surface area contributed by atoms with Gasteiger partial charge in [0, 0.05) is 13.2 Å². The van der Waals surface area contributed by atoms with Crippen LogP contribution in [0.25, 0.3) is 11.2 Å². The number of ether oxygens (including phenoxy) is 2. The fraction of sp³-hybridized carbons (Fsp3) is 0.389. The molecule has 0 aliphatic carbocycles. The zero-order valence-corrected chi connectivity index (χ0v) is 15.1. The molecule has 1 saturated heterocycles. The summed E-state index contributed by atoms with van der Waals surface area (Å²) in [6.07, 6.45) is -1.60. The van der Waals surface area contributed by atoms with E-state index in [2.05, 4.69) is 25.0 Å². The number of benzene rings is 1. The summed E-state index contributed by atoms with van der Waals surface area (Å²) in [5.74, 6) is -0.124. The molecule has 0 spiro atoms. The van der Waals surface area contributed by atoms with Crippen LogP contribution in [-0.2, 0) is 11.3 Å². The van der Waals surface area contributed by atoms with Gasteiger partial charge in [0.2, 0.25) is 0 Å². The smallest absolute Gasteiger partial charge is 0.406 e. The van der Waals surface area contributed by atoms with Gasteiger partial charge >= 0.3 is 12.4 Å². The van der Waals surface area contributed by atoms with E-state index >= 15 is 0 Å². The van der Waals surface area contributed by atoms with Gasteiger partial charge in [-0.15, -0.1) is 13.2 Å². The summed E-state index contributed by atoms with van der Waals surface area (Å²) in [4.78, 5) is 11.9. The van der Waals surface area contributed by atoms with Crippen molar-refractivity contribution in [2.75, 3.05) is 11.9 Å². The van der Waals surface area contributed by atoms with Crippen LogP contribution in [0.1, 0.15) is 31.1 Å². The average molecular weight is 411 g/mol. The zero-order valence-electron chi connectivity index (χ0n) is 15.1. The van der Waals surface area contributed by atoms with Crippen molar-refractivity contribution in [2.24, 2.45) is 0 Å². The van der Waals surface area contributed by atoms with Gasteiger partial charge in [-0.1, -0.05) is 12.1 Å². The molecule has 29 heavy (non-hydrogen) atoms. The Labute approximate surface area is 162 Å². The SMILES string of the molecule is Fc1nc(NCc2ccc(OC(F)(F)F)cc2)c2ncn(C3CCCCO3)c2n1. The van der Waals surface area contributed by atoms with Gasteiger partial charge < -0.3 is 14.8 Å². The molecule has 0 saturated carbocycles. The molecule has 0 radical (unpaired) electrons. The highest BCUT2D eigenvalue weighted by Gasteiger charge is 2.31. The van der Waals surface area contributed by atoms with Crippen LogP contribution in [0.2, 0.25) is 0 Å². The maximum atomic E-state index is 14.0. The van der Waals surface area contributed by atoms with Gasteiger partial charge in [-0.05, 0) is 37.0 Å². The van der Waals surface area contributed by atoms with Gasteiger partial charge in [0.1, 0.15) is 12.0 Å². The normalized spacial score (nSPS) is 17.4. The molecule has 1 unspecified atom stereocenters. The zero-order chi connectivity index (χ0) is 20.4. The lowest BCUT2D eigenvalue weighted by atomic mass is 10.2. The summed E-state index contributed by atoms with van der Waals surface area (Å²) in [7, 11) is 0. The molecule has 2 aromatic heterocycles. The molecule has 154 valence electrons. The number of halogens is 4. The highest BCUT2D eigenvalue weighted by Crippen LogP contribution is 2.28. The predicted molar refractivity (Wildman–Crippen MR) is 94.6 cm³/mol. The predicted octanol–water partition coefficient (Wildman–Crippen LogP) is 4.18. The lowest BCUT2D eigenvalue weighted by molar-refractivity contribution is -0.274. The third-order valence-electron chi connectivity index (χ3n) is 4.48. The fourth-order valence-electron chi connectivity index (χ4n) is 3.16. The number of aromatic nitrogens is 4. The number of nitrogens with one attached hydrogen (secondary N) is 1. The average Bonchev–Trinajstić information content (AvgIpc) is 3.10. The third-order valence-corrected chi connectivity index (χ3v) is 4.48. The first-order valence-electron chi connectivity index (χ1n) is 8.99. The van der Waals surface area contributed by atoms with E-state index in [1.807, 2.05) is 0 Å². The Morgan fingerprint density at radius 1 is 1.17 bits per heavy atom. The number of rotatable bonds is 5. The van der Waals surface area contributed by atoms with E-state index in [4.69, 9.17) is 4.74 Å². The summed E-state index contributed by atoms with van der Waals surface area (Å²) < 4.78 is 61.9. The van der Waals surface area contributed by atoms with E-state index in [9.17, 15) is 17.6 Å². The van der Waals surface area contributed by atoms with Crippen molar-refractivity contribution in [2.45, 2.75) is 38.4 Å². The van der Waals surface area contributed by atoms with E-state index in [0.29, 0.717) is 23.3 Å². The number of nitrogens with zero attached hydrogens (tertiary/aromatic N) is 4. The van der Waals surface area contributed by atoms with Crippen molar-refractivity contribution < 1.29 is 27.0 Å². The summed E-state index contributed by atoms with van der Waals surface area (Å²) in [6.45, 7) is 0.821. The standard InChI is InChI=1S/C18H17F4N5O2/c19-17-25-15(23-9-11-4-6-12(7-5-11)29-18(20,21)22)14-16(26-17)27(10-24-14)13-3-1-2-8-28-13/h4-7,10,13H,1-3,8-9H2,(H,23,25,26). The van der Waals surface area contributed by atoms with E-state index in [0.717, 1.165) is 19.3 Å². The van der Waals surface area contributed by atoms with Crippen LogP contribution >= 0.6 is 0 Å².